The van der Waals surface area contributed by atoms with Crippen LogP contribution in [0.4, 0.5) is 0 Å². The molecule has 0 saturated heterocycles. The zero-order chi connectivity index (χ0) is 17.1. The lowest BCUT2D eigenvalue weighted by atomic mass is 10.1. The summed E-state index contributed by atoms with van der Waals surface area (Å²) >= 11 is 6.29. The Bertz CT molecular complexity index is 875. The fourth-order valence-corrected chi connectivity index (χ4v) is 2.82. The van der Waals surface area contributed by atoms with Crippen molar-refractivity contribution in [2.24, 2.45) is 0 Å². The van der Waals surface area contributed by atoms with Crippen LogP contribution in [0.25, 0.3) is 22.6 Å². The van der Waals surface area contributed by atoms with Crippen molar-refractivity contribution in [1.29, 1.82) is 0 Å². The zero-order valence-corrected chi connectivity index (χ0v) is 13.7. The maximum Gasteiger partial charge on any atom is 0.356 e. The number of carboxylic acid groups (broad SMARTS) is 1. The summed E-state index contributed by atoms with van der Waals surface area (Å²) in [7, 11) is 1.55. The third-order valence-electron chi connectivity index (χ3n) is 3.59. The number of rotatable bonds is 5. The molecule has 6 heteroatoms. The summed E-state index contributed by atoms with van der Waals surface area (Å²) in [5.41, 5.74) is 1.77. The maximum absolute atomic E-state index is 11.7. The molecule has 0 aliphatic rings. The van der Waals surface area contributed by atoms with Gasteiger partial charge >= 0.3 is 5.97 Å². The van der Waals surface area contributed by atoms with Gasteiger partial charge < -0.3 is 9.84 Å². The van der Waals surface area contributed by atoms with Gasteiger partial charge in [-0.05, 0) is 6.07 Å². The number of aromatic nitrogens is 2. The van der Waals surface area contributed by atoms with Crippen molar-refractivity contribution < 1.29 is 14.6 Å². The lowest BCUT2D eigenvalue weighted by Gasteiger charge is -2.12. The van der Waals surface area contributed by atoms with Crippen molar-refractivity contribution in [3.05, 3.63) is 65.3 Å². The number of carboxylic acids is 1. The van der Waals surface area contributed by atoms with Crippen LogP contribution < -0.4 is 0 Å². The highest BCUT2D eigenvalue weighted by Gasteiger charge is 2.25. The second kappa shape index (κ2) is 6.86. The van der Waals surface area contributed by atoms with Crippen molar-refractivity contribution in [1.82, 2.24) is 9.55 Å². The average molecular weight is 343 g/mol. The standard InChI is InChI=1S/C18H15ClN2O3/c1-24-11-21-16(13-9-5-6-10-14(13)19)15(18(22)23)20-17(21)12-7-3-2-4-8-12/h2-10H,11H2,1H3,(H,22,23). The molecule has 0 aliphatic heterocycles. The Hall–Kier alpha value is -2.63. The molecule has 2 aromatic carbocycles. The Morgan fingerprint density at radius 2 is 1.83 bits per heavy atom. The third-order valence-corrected chi connectivity index (χ3v) is 3.92. The topological polar surface area (TPSA) is 64.4 Å². The van der Waals surface area contributed by atoms with Gasteiger partial charge in [0.1, 0.15) is 12.6 Å². The molecule has 0 bridgehead atoms. The summed E-state index contributed by atoms with van der Waals surface area (Å²) in [5.74, 6) is -0.596. The molecule has 24 heavy (non-hydrogen) atoms. The molecule has 0 saturated carbocycles. The molecule has 0 fully saturated rings. The van der Waals surface area contributed by atoms with Gasteiger partial charge in [-0.2, -0.15) is 0 Å². The van der Waals surface area contributed by atoms with Gasteiger partial charge in [-0.3, -0.25) is 4.57 Å². The van der Waals surface area contributed by atoms with Crippen LogP contribution in [0.5, 0.6) is 0 Å². The Kier molecular flexibility index (Phi) is 4.64. The highest BCUT2D eigenvalue weighted by atomic mass is 35.5. The van der Waals surface area contributed by atoms with Crippen molar-refractivity contribution in [2.45, 2.75) is 6.73 Å². The predicted octanol–water partition coefficient (Wildman–Crippen LogP) is 4.17. The Morgan fingerprint density at radius 3 is 2.46 bits per heavy atom. The Labute approximate surface area is 144 Å². The fourth-order valence-electron chi connectivity index (χ4n) is 2.59. The van der Waals surface area contributed by atoms with E-state index in [0.29, 0.717) is 22.1 Å². The van der Waals surface area contributed by atoms with Crippen molar-refractivity contribution >= 4 is 17.6 Å². The number of carbonyl (C=O) groups is 1. The highest BCUT2D eigenvalue weighted by molar-refractivity contribution is 6.33. The van der Waals surface area contributed by atoms with Crippen LogP contribution in [0.3, 0.4) is 0 Å². The second-order valence-electron chi connectivity index (χ2n) is 5.13. The minimum Gasteiger partial charge on any atom is -0.476 e. The number of nitrogens with zero attached hydrogens (tertiary/aromatic N) is 2. The van der Waals surface area contributed by atoms with Gasteiger partial charge in [-0.1, -0.05) is 60.1 Å². The monoisotopic (exact) mass is 342 g/mol. The van der Waals surface area contributed by atoms with Gasteiger partial charge in [0.15, 0.2) is 5.69 Å². The van der Waals surface area contributed by atoms with Gasteiger partial charge in [-0.15, -0.1) is 0 Å². The minimum atomic E-state index is -1.11. The molecule has 122 valence electrons. The number of hydrogen-bond donors (Lipinski definition) is 1. The van der Waals surface area contributed by atoms with Crippen LogP contribution in [0, 0.1) is 0 Å². The Balaban J connectivity index is 2.32. The molecule has 1 N–H and O–H groups in total. The maximum atomic E-state index is 11.7. The van der Waals surface area contributed by atoms with Crippen molar-refractivity contribution in [3.63, 3.8) is 0 Å². The van der Waals surface area contributed by atoms with E-state index in [1.165, 1.54) is 0 Å². The molecule has 5 nitrogen and oxygen atoms in total. The molecule has 1 heterocycles. The van der Waals surface area contributed by atoms with Gasteiger partial charge in [-0.25, -0.2) is 9.78 Å². The molecule has 0 radical (unpaired) electrons. The molecular formula is C18H15ClN2O3. The first kappa shape index (κ1) is 16.2. The predicted molar refractivity (Wildman–Crippen MR) is 92.1 cm³/mol. The van der Waals surface area contributed by atoms with Crippen LogP contribution in [0.15, 0.2) is 54.6 Å². The molecule has 0 unspecified atom stereocenters. The van der Waals surface area contributed by atoms with Crippen LogP contribution in [-0.2, 0) is 11.5 Å². The normalized spacial score (nSPS) is 10.8. The summed E-state index contributed by atoms with van der Waals surface area (Å²) < 4.78 is 6.99. The van der Waals surface area contributed by atoms with Crippen LogP contribution in [0.2, 0.25) is 5.02 Å². The summed E-state index contributed by atoms with van der Waals surface area (Å²) in [4.78, 5) is 16.1. The SMILES string of the molecule is COCn1c(-c2ccccc2)nc(C(=O)O)c1-c1ccccc1Cl. The number of halogens is 1. The first-order valence-corrected chi connectivity index (χ1v) is 7.64. The Morgan fingerprint density at radius 1 is 1.17 bits per heavy atom. The summed E-state index contributed by atoms with van der Waals surface area (Å²) in [6, 6.07) is 16.5. The number of methoxy groups -OCH3 is 1. The van der Waals surface area contributed by atoms with Gasteiger partial charge in [0.2, 0.25) is 0 Å². The first-order chi connectivity index (χ1) is 11.6. The van der Waals surface area contributed by atoms with Gasteiger partial charge in [0.05, 0.1) is 5.69 Å². The average Bonchev–Trinajstić information content (AvgIpc) is 2.96. The number of hydrogen-bond acceptors (Lipinski definition) is 3. The molecule has 1 aromatic heterocycles. The number of imidazole rings is 1. The van der Waals surface area contributed by atoms with Crippen molar-refractivity contribution in [2.75, 3.05) is 7.11 Å². The molecule has 0 aliphatic carbocycles. The van der Waals surface area contributed by atoms with E-state index in [1.807, 2.05) is 30.3 Å². The second-order valence-corrected chi connectivity index (χ2v) is 5.54. The number of aromatic carboxylic acids is 1. The molecule has 0 spiro atoms. The van der Waals surface area contributed by atoms with E-state index in [-0.39, 0.29) is 12.4 Å². The molecule has 3 rings (SSSR count). The number of ether oxygens (including phenoxy) is 1. The smallest absolute Gasteiger partial charge is 0.356 e. The summed E-state index contributed by atoms with van der Waals surface area (Å²) in [5, 5.41) is 10.1. The quantitative estimate of drug-likeness (QED) is 0.755. The van der Waals surface area contributed by atoms with Gasteiger partial charge in [0, 0.05) is 23.3 Å². The highest BCUT2D eigenvalue weighted by Crippen LogP contribution is 2.34. The summed E-state index contributed by atoms with van der Waals surface area (Å²) in [6.07, 6.45) is 0. The number of benzene rings is 2. The lowest BCUT2D eigenvalue weighted by Crippen LogP contribution is -2.06. The van der Waals surface area contributed by atoms with E-state index in [1.54, 1.807) is 35.9 Å². The van der Waals surface area contributed by atoms with Gasteiger partial charge in [0.25, 0.3) is 0 Å². The molecule has 3 aromatic rings. The first-order valence-electron chi connectivity index (χ1n) is 7.26. The van der Waals surface area contributed by atoms with E-state index < -0.39 is 5.97 Å². The zero-order valence-electron chi connectivity index (χ0n) is 12.9. The molecule has 0 amide bonds. The van der Waals surface area contributed by atoms with E-state index in [2.05, 4.69) is 4.98 Å². The largest absolute Gasteiger partial charge is 0.476 e. The van der Waals surface area contributed by atoms with E-state index in [4.69, 9.17) is 16.3 Å². The fraction of sp³-hybridized carbons (Fsp3) is 0.111. The van der Waals surface area contributed by atoms with Crippen LogP contribution in [-0.4, -0.2) is 27.7 Å². The van der Waals surface area contributed by atoms with E-state index >= 15 is 0 Å². The lowest BCUT2D eigenvalue weighted by molar-refractivity contribution is 0.0691. The third kappa shape index (κ3) is 2.91. The van der Waals surface area contributed by atoms with E-state index in [0.717, 1.165) is 5.56 Å². The van der Waals surface area contributed by atoms with Crippen LogP contribution >= 0.6 is 11.6 Å². The molecular weight excluding hydrogens is 328 g/mol. The van der Waals surface area contributed by atoms with E-state index in [9.17, 15) is 9.90 Å². The molecule has 0 atom stereocenters. The summed E-state index contributed by atoms with van der Waals surface area (Å²) in [6.45, 7) is 0.158. The van der Waals surface area contributed by atoms with Crippen LogP contribution in [0.1, 0.15) is 10.5 Å². The minimum absolute atomic E-state index is 0.0565. The van der Waals surface area contributed by atoms with Crippen molar-refractivity contribution in [3.8, 4) is 22.6 Å².